The molecule has 1 saturated heterocycles. The third kappa shape index (κ3) is 15.7. The maximum Gasteiger partial charge on any atom is 0.242 e. The van der Waals surface area contributed by atoms with Crippen molar-refractivity contribution in [2.45, 2.75) is 79.4 Å². The van der Waals surface area contributed by atoms with Gasteiger partial charge in [0.05, 0.1) is 18.5 Å². The number of ether oxygens (including phenoxy) is 1. The number of imide groups is 1. The number of thioether (sulfide) groups is 1. The van der Waals surface area contributed by atoms with Crippen molar-refractivity contribution in [1.82, 2.24) is 15.5 Å². The number of amides is 4. The van der Waals surface area contributed by atoms with Crippen LogP contribution in [-0.4, -0.2) is 86.7 Å². The molecule has 2 unspecified atom stereocenters. The Morgan fingerprint density at radius 2 is 1.78 bits per heavy atom. The van der Waals surface area contributed by atoms with Crippen LogP contribution >= 0.6 is 11.8 Å². The fraction of sp³-hybridized carbons (Fsp3) is 0.808. The molecule has 2 N–H and O–H groups in total. The molecule has 37 heavy (non-hydrogen) atoms. The highest BCUT2D eigenvalue weighted by atomic mass is 32.2. The van der Waals surface area contributed by atoms with E-state index in [4.69, 9.17) is 4.74 Å². The van der Waals surface area contributed by atoms with Crippen molar-refractivity contribution in [3.8, 4) is 0 Å². The van der Waals surface area contributed by atoms with Gasteiger partial charge in [0.25, 0.3) is 0 Å². The van der Waals surface area contributed by atoms with Crippen molar-refractivity contribution in [2.24, 2.45) is 16.0 Å². The van der Waals surface area contributed by atoms with Gasteiger partial charge < -0.3 is 20.2 Å². The van der Waals surface area contributed by atoms with Crippen molar-refractivity contribution in [3.63, 3.8) is 0 Å². The minimum absolute atomic E-state index is 0.00621. The van der Waals surface area contributed by atoms with Crippen LogP contribution in [0.3, 0.4) is 0 Å². The molecular formula is C26H50N4O6S. The summed E-state index contributed by atoms with van der Waals surface area (Å²) >= 11 is 1.36. The maximum absolute atomic E-state index is 12.2. The Morgan fingerprint density at radius 3 is 2.22 bits per heavy atom. The minimum Gasteiger partial charge on any atom is -0.397 e. The van der Waals surface area contributed by atoms with Gasteiger partial charge in [0.2, 0.25) is 23.6 Å². The Kier molecular flexibility index (Phi) is 19.9. The van der Waals surface area contributed by atoms with E-state index in [1.165, 1.54) is 16.7 Å². The zero-order valence-corrected chi connectivity index (χ0v) is 25.2. The number of hydrogen-bond acceptors (Lipinski definition) is 8. The SMILES string of the molecule is C=NOCC.CC.CCC(C)(COCC(C)(C)CNC(=O)CCN1C(=O)CC(SC)C1=O)CC(=O)NC. The lowest BCUT2D eigenvalue weighted by Gasteiger charge is -2.30. The van der Waals surface area contributed by atoms with Crippen LogP contribution in [0, 0.1) is 10.8 Å². The quantitative estimate of drug-likeness (QED) is 0.183. The van der Waals surface area contributed by atoms with E-state index in [0.717, 1.165) is 6.42 Å². The number of likely N-dealkylation sites (tertiary alicyclic amines) is 1. The summed E-state index contributed by atoms with van der Waals surface area (Å²) in [6, 6.07) is 0. The van der Waals surface area contributed by atoms with E-state index in [1.807, 2.05) is 48.5 Å². The van der Waals surface area contributed by atoms with Crippen LogP contribution in [0.25, 0.3) is 0 Å². The molecule has 2 atom stereocenters. The monoisotopic (exact) mass is 546 g/mol. The van der Waals surface area contributed by atoms with Gasteiger partial charge in [-0.3, -0.25) is 24.1 Å². The molecule has 0 aromatic rings. The molecule has 0 aromatic carbocycles. The molecule has 1 heterocycles. The topological polar surface area (TPSA) is 126 Å². The van der Waals surface area contributed by atoms with Gasteiger partial charge in [-0.1, -0.05) is 41.5 Å². The van der Waals surface area contributed by atoms with Gasteiger partial charge in [-0.05, 0) is 25.0 Å². The van der Waals surface area contributed by atoms with Crippen LogP contribution in [0.4, 0.5) is 0 Å². The van der Waals surface area contributed by atoms with E-state index < -0.39 is 0 Å². The molecule has 1 aliphatic heterocycles. The molecule has 1 aliphatic rings. The third-order valence-corrected chi connectivity index (χ3v) is 6.63. The average molecular weight is 547 g/mol. The van der Waals surface area contributed by atoms with E-state index in [2.05, 4.69) is 27.3 Å². The average Bonchev–Trinajstić information content (AvgIpc) is 3.15. The molecular weight excluding hydrogens is 496 g/mol. The highest BCUT2D eigenvalue weighted by Crippen LogP contribution is 2.27. The third-order valence-electron chi connectivity index (χ3n) is 5.70. The summed E-state index contributed by atoms with van der Waals surface area (Å²) < 4.78 is 5.89. The summed E-state index contributed by atoms with van der Waals surface area (Å²) in [6.07, 6.45) is 3.33. The van der Waals surface area contributed by atoms with Gasteiger partial charge in [0.1, 0.15) is 6.61 Å². The van der Waals surface area contributed by atoms with Crippen molar-refractivity contribution in [2.75, 3.05) is 46.2 Å². The smallest absolute Gasteiger partial charge is 0.242 e. The van der Waals surface area contributed by atoms with Gasteiger partial charge in [0.15, 0.2) is 0 Å². The first kappa shape index (κ1) is 37.0. The molecule has 0 saturated carbocycles. The van der Waals surface area contributed by atoms with E-state index >= 15 is 0 Å². The molecule has 216 valence electrons. The first-order valence-corrected chi connectivity index (χ1v) is 14.2. The molecule has 0 bridgehead atoms. The van der Waals surface area contributed by atoms with Crippen LogP contribution in [-0.2, 0) is 28.8 Å². The van der Waals surface area contributed by atoms with Gasteiger partial charge in [0, 0.05) is 51.5 Å². The van der Waals surface area contributed by atoms with E-state index in [1.54, 1.807) is 13.3 Å². The highest BCUT2D eigenvalue weighted by Gasteiger charge is 2.37. The number of carbonyl (C=O) groups is 4. The molecule has 1 fully saturated rings. The summed E-state index contributed by atoms with van der Waals surface area (Å²) in [5.41, 5.74) is -0.524. The lowest BCUT2D eigenvalue weighted by molar-refractivity contribution is -0.138. The minimum atomic E-state index is -0.325. The number of rotatable bonds is 15. The van der Waals surface area contributed by atoms with Crippen LogP contribution < -0.4 is 10.6 Å². The standard InChI is InChI=1S/C21H37N3O5S.C3H7NO.C2H6/c1-7-21(4,11-17(26)22-5)14-29-13-20(2,3)12-23-16(25)8-9-24-18(27)10-15(30-6)19(24)28;1-3-5-4-2;1-2/h15H,7-14H2,1-6H3,(H,22,26)(H,23,25);2-3H2,1H3;1-2H3. The number of hydrogen-bond donors (Lipinski definition) is 2. The Labute approximate surface area is 228 Å². The second-order valence-electron chi connectivity index (χ2n) is 9.56. The van der Waals surface area contributed by atoms with Gasteiger partial charge in [-0.25, -0.2) is 0 Å². The van der Waals surface area contributed by atoms with Gasteiger partial charge >= 0.3 is 0 Å². The van der Waals surface area contributed by atoms with Crippen molar-refractivity contribution >= 4 is 42.1 Å². The largest absolute Gasteiger partial charge is 0.397 e. The van der Waals surface area contributed by atoms with Crippen molar-refractivity contribution in [3.05, 3.63) is 0 Å². The lowest BCUT2D eigenvalue weighted by atomic mass is 9.84. The Hall–Kier alpha value is -2.14. The van der Waals surface area contributed by atoms with E-state index in [0.29, 0.717) is 32.8 Å². The normalized spacial score (nSPS) is 16.5. The van der Waals surface area contributed by atoms with Crippen LogP contribution in [0.2, 0.25) is 0 Å². The highest BCUT2D eigenvalue weighted by molar-refractivity contribution is 8.00. The molecule has 0 aliphatic carbocycles. The number of nitrogens with zero attached hydrogens (tertiary/aromatic N) is 2. The summed E-state index contributed by atoms with van der Waals surface area (Å²) in [6.45, 7) is 19.0. The number of oxime groups is 1. The van der Waals surface area contributed by atoms with Crippen molar-refractivity contribution in [1.29, 1.82) is 0 Å². The van der Waals surface area contributed by atoms with Crippen molar-refractivity contribution < 1.29 is 28.8 Å². The Bertz CT molecular complexity index is 719. The van der Waals surface area contributed by atoms with Gasteiger partial charge in [-0.2, -0.15) is 11.8 Å². The summed E-state index contributed by atoms with van der Waals surface area (Å²) in [7, 11) is 1.63. The zero-order valence-electron chi connectivity index (χ0n) is 24.4. The van der Waals surface area contributed by atoms with E-state index in [9.17, 15) is 19.2 Å². The second kappa shape index (κ2) is 19.9. The lowest BCUT2D eigenvalue weighted by Crippen LogP contribution is -2.40. The Morgan fingerprint density at radius 1 is 1.16 bits per heavy atom. The van der Waals surface area contributed by atoms with E-state index in [-0.39, 0.29) is 59.1 Å². The maximum atomic E-state index is 12.2. The number of carbonyl (C=O) groups excluding carboxylic acids is 4. The second-order valence-corrected chi connectivity index (χ2v) is 10.6. The molecule has 1 rings (SSSR count). The summed E-state index contributed by atoms with van der Waals surface area (Å²) in [5.74, 6) is -0.621. The predicted octanol–water partition coefficient (Wildman–Crippen LogP) is 3.24. The molecule has 11 heteroatoms. The first-order valence-electron chi connectivity index (χ1n) is 12.9. The van der Waals surface area contributed by atoms with Crippen LogP contribution in [0.1, 0.15) is 74.1 Å². The summed E-state index contributed by atoms with van der Waals surface area (Å²) in [4.78, 5) is 53.4. The zero-order chi connectivity index (χ0) is 29.1. The summed E-state index contributed by atoms with van der Waals surface area (Å²) in [5, 5.41) is 8.30. The first-order chi connectivity index (χ1) is 17.4. The fourth-order valence-corrected chi connectivity index (χ4v) is 3.82. The Balaban J connectivity index is 0. The van der Waals surface area contributed by atoms with Crippen LogP contribution in [0.15, 0.2) is 5.16 Å². The van der Waals surface area contributed by atoms with Crippen LogP contribution in [0.5, 0.6) is 0 Å². The molecule has 0 aromatic heterocycles. The predicted molar refractivity (Wildman–Crippen MR) is 150 cm³/mol. The molecule has 4 amide bonds. The fourth-order valence-electron chi connectivity index (χ4n) is 3.18. The molecule has 0 radical (unpaired) electrons. The molecule has 0 spiro atoms. The number of nitrogens with one attached hydrogen (secondary N) is 2. The molecule has 10 nitrogen and oxygen atoms in total. The van der Waals surface area contributed by atoms with Gasteiger partial charge in [-0.15, -0.1) is 5.16 Å².